The van der Waals surface area contributed by atoms with Crippen LogP contribution >= 0.6 is 11.6 Å². The highest BCUT2D eigenvalue weighted by molar-refractivity contribution is 6.36. The van der Waals surface area contributed by atoms with Gasteiger partial charge in [0, 0.05) is 11.9 Å². The summed E-state index contributed by atoms with van der Waals surface area (Å²) in [5.74, 6) is -0.387. The van der Waals surface area contributed by atoms with Gasteiger partial charge in [0.2, 0.25) is 0 Å². The van der Waals surface area contributed by atoms with E-state index in [0.717, 1.165) is 24.4 Å². The van der Waals surface area contributed by atoms with Crippen molar-refractivity contribution in [1.82, 2.24) is 4.57 Å². The molecule has 1 atom stereocenters. The number of aliphatic carboxylic acids is 1. The number of carbonyl (C=O) groups is 1. The van der Waals surface area contributed by atoms with Gasteiger partial charge in [-0.15, -0.1) is 0 Å². The maximum atomic E-state index is 13.6. The first-order valence-corrected chi connectivity index (χ1v) is 11.7. The van der Waals surface area contributed by atoms with Crippen LogP contribution in [0.25, 0.3) is 10.9 Å². The SMILES string of the molecule is O=C(O)C[C@H]1OCCn2c1c(Cl)c1cc(OCc3ccc(OCC4CC4)c(C(F)(F)F)c3)ccc12. The molecule has 0 radical (unpaired) electrons. The van der Waals surface area contributed by atoms with Gasteiger partial charge >= 0.3 is 12.1 Å². The van der Waals surface area contributed by atoms with Crippen LogP contribution in [0, 0.1) is 5.92 Å². The van der Waals surface area contributed by atoms with Gasteiger partial charge in [-0.25, -0.2) is 0 Å². The molecule has 2 aromatic carbocycles. The van der Waals surface area contributed by atoms with Gasteiger partial charge in [-0.2, -0.15) is 13.2 Å². The van der Waals surface area contributed by atoms with E-state index < -0.39 is 23.8 Å². The molecule has 1 aliphatic carbocycles. The van der Waals surface area contributed by atoms with Crippen molar-refractivity contribution in [2.45, 2.75) is 44.7 Å². The normalized spacial score (nSPS) is 17.9. The molecule has 1 aliphatic heterocycles. The Morgan fingerprint density at radius 1 is 1.17 bits per heavy atom. The number of rotatable bonds is 8. The zero-order valence-electron chi connectivity index (χ0n) is 18.6. The summed E-state index contributed by atoms with van der Waals surface area (Å²) in [6.07, 6.45) is -3.44. The maximum absolute atomic E-state index is 13.6. The average molecular weight is 510 g/mol. The summed E-state index contributed by atoms with van der Waals surface area (Å²) < 4.78 is 59.5. The van der Waals surface area contributed by atoms with E-state index in [9.17, 15) is 23.1 Å². The number of aromatic nitrogens is 1. The highest BCUT2D eigenvalue weighted by Gasteiger charge is 2.35. The summed E-state index contributed by atoms with van der Waals surface area (Å²) in [5, 5.41) is 10.2. The number of hydrogen-bond donors (Lipinski definition) is 1. The molecule has 2 heterocycles. The molecule has 1 saturated carbocycles. The van der Waals surface area contributed by atoms with Crippen LogP contribution in [0.1, 0.15) is 42.2 Å². The third-order valence-electron chi connectivity index (χ3n) is 6.24. The van der Waals surface area contributed by atoms with Crippen molar-refractivity contribution in [2.24, 2.45) is 5.92 Å². The highest BCUT2D eigenvalue weighted by Crippen LogP contribution is 2.41. The Morgan fingerprint density at radius 2 is 1.97 bits per heavy atom. The predicted octanol–water partition coefficient (Wildman–Crippen LogP) is 6.23. The second kappa shape index (κ2) is 9.28. The fraction of sp³-hybridized carbons (Fsp3) is 0.400. The van der Waals surface area contributed by atoms with E-state index in [0.29, 0.717) is 53.1 Å². The predicted molar refractivity (Wildman–Crippen MR) is 122 cm³/mol. The smallest absolute Gasteiger partial charge is 0.419 e. The Morgan fingerprint density at radius 3 is 2.69 bits per heavy atom. The monoisotopic (exact) mass is 509 g/mol. The number of carboxylic acids is 1. The van der Waals surface area contributed by atoms with E-state index in [2.05, 4.69) is 0 Å². The molecule has 2 aliphatic rings. The molecular formula is C25H23ClF3NO5. The number of fused-ring (bicyclic) bond motifs is 3. The summed E-state index contributed by atoms with van der Waals surface area (Å²) in [5.41, 5.74) is 0.951. The Balaban J connectivity index is 1.36. The minimum atomic E-state index is -4.54. The van der Waals surface area contributed by atoms with Crippen LogP contribution in [0.15, 0.2) is 36.4 Å². The van der Waals surface area contributed by atoms with Crippen molar-refractivity contribution in [1.29, 1.82) is 0 Å². The van der Waals surface area contributed by atoms with E-state index >= 15 is 0 Å². The van der Waals surface area contributed by atoms with Gasteiger partial charge in [-0.05, 0) is 54.7 Å². The molecule has 0 spiro atoms. The molecule has 0 saturated heterocycles. The van der Waals surface area contributed by atoms with Gasteiger partial charge in [0.15, 0.2) is 0 Å². The second-order valence-electron chi connectivity index (χ2n) is 8.86. The van der Waals surface area contributed by atoms with Crippen LogP contribution < -0.4 is 9.47 Å². The van der Waals surface area contributed by atoms with E-state index in [-0.39, 0.29) is 18.8 Å². The number of hydrogen-bond acceptors (Lipinski definition) is 4. The van der Waals surface area contributed by atoms with Crippen molar-refractivity contribution in [2.75, 3.05) is 13.2 Å². The Kier molecular flexibility index (Phi) is 6.31. The summed E-state index contributed by atoms with van der Waals surface area (Å²) in [6.45, 7) is 1.11. The van der Waals surface area contributed by atoms with Crippen LogP contribution in [0.4, 0.5) is 13.2 Å². The molecule has 0 unspecified atom stereocenters. The molecule has 5 rings (SSSR count). The van der Waals surface area contributed by atoms with Gasteiger partial charge in [-0.1, -0.05) is 17.7 Å². The fourth-order valence-electron chi connectivity index (χ4n) is 4.31. The first kappa shape index (κ1) is 23.8. The number of benzene rings is 2. The van der Waals surface area contributed by atoms with Crippen molar-refractivity contribution in [3.8, 4) is 11.5 Å². The van der Waals surface area contributed by atoms with Crippen molar-refractivity contribution in [3.63, 3.8) is 0 Å². The summed E-state index contributed by atoms with van der Waals surface area (Å²) in [7, 11) is 0. The number of alkyl halides is 3. The maximum Gasteiger partial charge on any atom is 0.419 e. The lowest BCUT2D eigenvalue weighted by atomic mass is 10.1. The summed E-state index contributed by atoms with van der Waals surface area (Å²) in [4.78, 5) is 11.2. The standard InChI is InChI=1S/C25H23ClF3NO5/c26-23-17-10-16(4-5-19(17)30-7-8-33-21(24(23)30)11-22(31)32)34-13-15-3-6-20(35-12-14-1-2-14)18(9-15)25(27,28)29/h3-6,9-10,14,21H,1-2,7-8,11-13H2,(H,31,32)/t21-/m1/s1. The summed E-state index contributed by atoms with van der Waals surface area (Å²) in [6, 6.07) is 9.18. The van der Waals surface area contributed by atoms with Gasteiger partial charge < -0.3 is 23.9 Å². The third-order valence-corrected chi connectivity index (χ3v) is 6.63. The van der Waals surface area contributed by atoms with Gasteiger partial charge in [-0.3, -0.25) is 4.79 Å². The second-order valence-corrected chi connectivity index (χ2v) is 9.24. The number of carboxylic acid groups (broad SMARTS) is 1. The lowest BCUT2D eigenvalue weighted by molar-refractivity contribution is -0.141. The Bertz CT molecular complexity index is 1270. The zero-order valence-corrected chi connectivity index (χ0v) is 19.4. The molecule has 6 nitrogen and oxygen atoms in total. The zero-order chi connectivity index (χ0) is 24.7. The molecule has 1 aromatic heterocycles. The van der Waals surface area contributed by atoms with Crippen LogP contribution in [-0.4, -0.2) is 28.9 Å². The molecular weight excluding hydrogens is 487 g/mol. The third kappa shape index (κ3) is 5.06. The van der Waals surface area contributed by atoms with Crippen LogP contribution in [0.2, 0.25) is 5.02 Å². The largest absolute Gasteiger partial charge is 0.493 e. The molecule has 0 bridgehead atoms. The van der Waals surface area contributed by atoms with E-state index in [1.807, 2.05) is 4.57 Å². The van der Waals surface area contributed by atoms with Crippen LogP contribution in [-0.2, 0) is 28.9 Å². The first-order chi connectivity index (χ1) is 16.7. The van der Waals surface area contributed by atoms with Gasteiger partial charge in [0.05, 0.1) is 41.4 Å². The lowest BCUT2D eigenvalue weighted by Gasteiger charge is -2.25. The first-order valence-electron chi connectivity index (χ1n) is 11.3. The minimum Gasteiger partial charge on any atom is -0.493 e. The average Bonchev–Trinajstić information content (AvgIpc) is 3.60. The summed E-state index contributed by atoms with van der Waals surface area (Å²) >= 11 is 6.60. The molecule has 35 heavy (non-hydrogen) atoms. The molecule has 0 amide bonds. The van der Waals surface area contributed by atoms with Crippen molar-refractivity contribution in [3.05, 3.63) is 58.2 Å². The fourth-order valence-corrected chi connectivity index (χ4v) is 4.69. The van der Waals surface area contributed by atoms with Gasteiger partial charge in [0.1, 0.15) is 24.2 Å². The van der Waals surface area contributed by atoms with Crippen molar-refractivity contribution >= 4 is 28.5 Å². The Hall–Kier alpha value is -2.91. The Labute approximate surface area is 204 Å². The highest BCUT2D eigenvalue weighted by atomic mass is 35.5. The number of halogens is 4. The van der Waals surface area contributed by atoms with E-state index in [1.165, 1.54) is 6.07 Å². The lowest BCUT2D eigenvalue weighted by Crippen LogP contribution is -2.23. The molecule has 1 fully saturated rings. The minimum absolute atomic E-state index is 0.0760. The number of ether oxygens (including phenoxy) is 3. The van der Waals surface area contributed by atoms with Gasteiger partial charge in [0.25, 0.3) is 0 Å². The number of nitrogens with zero attached hydrogens (tertiary/aromatic N) is 1. The molecule has 3 aromatic rings. The van der Waals surface area contributed by atoms with E-state index in [4.69, 9.17) is 25.8 Å². The molecule has 1 N–H and O–H groups in total. The van der Waals surface area contributed by atoms with E-state index in [1.54, 1.807) is 24.3 Å². The molecule has 10 heteroatoms. The van der Waals surface area contributed by atoms with Crippen molar-refractivity contribution < 1.29 is 37.3 Å². The van der Waals surface area contributed by atoms with Crippen LogP contribution in [0.5, 0.6) is 11.5 Å². The topological polar surface area (TPSA) is 69.9 Å². The molecule has 186 valence electrons. The quantitative estimate of drug-likeness (QED) is 0.390. The van der Waals surface area contributed by atoms with Crippen LogP contribution in [0.3, 0.4) is 0 Å².